The summed E-state index contributed by atoms with van der Waals surface area (Å²) in [5.74, 6) is -1.28. The summed E-state index contributed by atoms with van der Waals surface area (Å²) in [4.78, 5) is 37.6. The van der Waals surface area contributed by atoms with Crippen molar-refractivity contribution in [3.8, 4) is 0 Å². The number of carbonyl (C=O) groups excluding carboxylic acids is 2. The van der Waals surface area contributed by atoms with Crippen LogP contribution in [0.4, 0.5) is 0 Å². The molecule has 1 aliphatic heterocycles. The predicted octanol–water partition coefficient (Wildman–Crippen LogP) is 2.37. The number of nitrogens with zero attached hydrogens (tertiary/aromatic N) is 1. The van der Waals surface area contributed by atoms with Crippen LogP contribution < -0.4 is 5.32 Å². The molecule has 2 aliphatic rings. The number of amides is 2. The van der Waals surface area contributed by atoms with Crippen LogP contribution >= 0.6 is 11.6 Å². The van der Waals surface area contributed by atoms with Gasteiger partial charge in [0.1, 0.15) is 0 Å². The van der Waals surface area contributed by atoms with Crippen LogP contribution in [0, 0.1) is 5.41 Å². The quantitative estimate of drug-likeness (QED) is 0.839. The van der Waals surface area contributed by atoms with Crippen LogP contribution in [0.3, 0.4) is 0 Å². The number of carboxylic acid groups (broad SMARTS) is 1. The number of aliphatic carboxylic acids is 1. The highest BCUT2D eigenvalue weighted by molar-refractivity contribution is 6.30. The molecule has 3 rings (SSSR count). The summed E-state index contributed by atoms with van der Waals surface area (Å²) in [6.07, 6.45) is 2.05. The van der Waals surface area contributed by atoms with Gasteiger partial charge in [0, 0.05) is 24.9 Å². The first kappa shape index (κ1) is 17.7. The minimum absolute atomic E-state index is 0.0376. The van der Waals surface area contributed by atoms with E-state index in [-0.39, 0.29) is 36.7 Å². The Labute approximate surface area is 151 Å². The molecule has 2 atom stereocenters. The first-order valence-corrected chi connectivity index (χ1v) is 8.74. The predicted molar refractivity (Wildman–Crippen MR) is 92.0 cm³/mol. The van der Waals surface area contributed by atoms with E-state index < -0.39 is 11.4 Å². The molecule has 134 valence electrons. The molecule has 7 heteroatoms. The number of nitrogens with one attached hydrogen (secondary N) is 1. The Hall–Kier alpha value is -2.08. The van der Waals surface area contributed by atoms with Crippen molar-refractivity contribution in [3.05, 3.63) is 34.9 Å². The van der Waals surface area contributed by atoms with E-state index in [1.54, 1.807) is 24.1 Å². The molecule has 2 fully saturated rings. The molecule has 0 bridgehead atoms. The van der Waals surface area contributed by atoms with Crippen molar-refractivity contribution in [1.82, 2.24) is 10.2 Å². The largest absolute Gasteiger partial charge is 0.481 e. The van der Waals surface area contributed by atoms with E-state index in [2.05, 4.69) is 5.32 Å². The van der Waals surface area contributed by atoms with Gasteiger partial charge in [-0.15, -0.1) is 0 Å². The zero-order chi connectivity index (χ0) is 18.2. The minimum Gasteiger partial charge on any atom is -0.481 e. The molecule has 1 aromatic rings. The van der Waals surface area contributed by atoms with Gasteiger partial charge in [-0.2, -0.15) is 0 Å². The summed E-state index contributed by atoms with van der Waals surface area (Å²) in [6.45, 7) is 0. The van der Waals surface area contributed by atoms with Gasteiger partial charge in [0.2, 0.25) is 11.8 Å². The number of hydrogen-bond donors (Lipinski definition) is 2. The molecule has 2 unspecified atom stereocenters. The molecule has 0 aromatic heterocycles. The molecule has 6 nitrogen and oxygen atoms in total. The molecule has 1 heterocycles. The Bertz CT molecular complexity index is 700. The number of carbonyl (C=O) groups is 3. The Balaban J connectivity index is 1.73. The minimum atomic E-state index is -0.936. The Morgan fingerprint density at radius 2 is 1.96 bits per heavy atom. The van der Waals surface area contributed by atoms with E-state index in [0.717, 1.165) is 12.0 Å². The lowest BCUT2D eigenvalue weighted by Gasteiger charge is -2.37. The molecular weight excluding hydrogens is 344 g/mol. The lowest BCUT2D eigenvalue weighted by atomic mass is 9.66. The van der Waals surface area contributed by atoms with E-state index in [9.17, 15) is 19.5 Å². The molecule has 0 spiro atoms. The standard InChI is InChI=1S/C18H21ClN2O4/c1-21-15(23)9-13(16(21)11-3-5-12(19)6-4-11)20-14(22)10-18(17(24)25)7-2-8-18/h3-6,13,16H,2,7-10H2,1H3,(H,20,22)(H,24,25). The van der Waals surface area contributed by atoms with Crippen LogP contribution in [0.1, 0.15) is 43.7 Å². The van der Waals surface area contributed by atoms with Crippen LogP contribution in [-0.4, -0.2) is 40.9 Å². The van der Waals surface area contributed by atoms with Crippen LogP contribution in [0.25, 0.3) is 0 Å². The fourth-order valence-corrected chi connectivity index (χ4v) is 3.88. The van der Waals surface area contributed by atoms with E-state index in [1.165, 1.54) is 0 Å². The number of likely N-dealkylation sites (N-methyl/N-ethyl adjacent to an activating group) is 1. The van der Waals surface area contributed by atoms with Gasteiger partial charge in [-0.05, 0) is 30.5 Å². The molecular formula is C18H21ClN2O4. The third kappa shape index (κ3) is 3.35. The van der Waals surface area contributed by atoms with E-state index in [1.807, 2.05) is 12.1 Å². The molecule has 1 saturated carbocycles. The van der Waals surface area contributed by atoms with Crippen molar-refractivity contribution in [3.63, 3.8) is 0 Å². The third-order valence-corrected chi connectivity index (χ3v) is 5.66. The maximum atomic E-state index is 12.4. The molecule has 1 aliphatic carbocycles. The number of hydrogen-bond acceptors (Lipinski definition) is 3. The molecule has 1 saturated heterocycles. The normalized spacial score (nSPS) is 24.7. The Morgan fingerprint density at radius 3 is 2.48 bits per heavy atom. The first-order valence-electron chi connectivity index (χ1n) is 8.36. The van der Waals surface area contributed by atoms with E-state index >= 15 is 0 Å². The molecule has 2 amide bonds. The summed E-state index contributed by atoms with van der Waals surface area (Å²) in [5, 5.41) is 12.9. The monoisotopic (exact) mass is 364 g/mol. The lowest BCUT2D eigenvalue weighted by Crippen LogP contribution is -2.45. The summed E-state index contributed by atoms with van der Waals surface area (Å²) in [5.41, 5.74) is -0.0476. The maximum absolute atomic E-state index is 12.4. The maximum Gasteiger partial charge on any atom is 0.310 e. The van der Waals surface area contributed by atoms with Gasteiger partial charge in [0.05, 0.1) is 17.5 Å². The number of rotatable bonds is 5. The van der Waals surface area contributed by atoms with Gasteiger partial charge in [-0.3, -0.25) is 14.4 Å². The summed E-state index contributed by atoms with van der Waals surface area (Å²) in [7, 11) is 1.71. The molecule has 25 heavy (non-hydrogen) atoms. The average molecular weight is 365 g/mol. The van der Waals surface area contributed by atoms with E-state index in [0.29, 0.717) is 17.9 Å². The third-order valence-electron chi connectivity index (χ3n) is 5.41. The molecule has 0 radical (unpaired) electrons. The van der Waals surface area contributed by atoms with Crippen molar-refractivity contribution >= 4 is 29.4 Å². The highest BCUT2D eigenvalue weighted by atomic mass is 35.5. The van der Waals surface area contributed by atoms with Gasteiger partial charge in [-0.25, -0.2) is 0 Å². The van der Waals surface area contributed by atoms with Crippen molar-refractivity contribution in [2.75, 3.05) is 7.05 Å². The fraction of sp³-hybridized carbons (Fsp3) is 0.500. The second-order valence-corrected chi connectivity index (χ2v) is 7.43. The van der Waals surface area contributed by atoms with Crippen molar-refractivity contribution in [2.45, 2.75) is 44.2 Å². The smallest absolute Gasteiger partial charge is 0.310 e. The van der Waals surface area contributed by atoms with Crippen molar-refractivity contribution < 1.29 is 19.5 Å². The summed E-state index contributed by atoms with van der Waals surface area (Å²) in [6, 6.07) is 6.52. The Morgan fingerprint density at radius 1 is 1.32 bits per heavy atom. The number of carboxylic acids is 1. The summed E-state index contributed by atoms with van der Waals surface area (Å²) < 4.78 is 0. The number of benzene rings is 1. The topological polar surface area (TPSA) is 86.7 Å². The number of likely N-dealkylation sites (tertiary alicyclic amines) is 1. The lowest BCUT2D eigenvalue weighted by molar-refractivity contribution is -0.157. The zero-order valence-corrected chi connectivity index (χ0v) is 14.8. The second-order valence-electron chi connectivity index (χ2n) is 6.99. The second kappa shape index (κ2) is 6.67. The fourth-order valence-electron chi connectivity index (χ4n) is 3.75. The average Bonchev–Trinajstić information content (AvgIpc) is 2.78. The highest BCUT2D eigenvalue weighted by Crippen LogP contribution is 2.44. The molecule has 2 N–H and O–H groups in total. The summed E-state index contributed by atoms with van der Waals surface area (Å²) >= 11 is 5.92. The van der Waals surface area contributed by atoms with E-state index in [4.69, 9.17) is 11.6 Å². The van der Waals surface area contributed by atoms with Crippen molar-refractivity contribution in [2.24, 2.45) is 5.41 Å². The SMILES string of the molecule is CN1C(=O)CC(NC(=O)CC2(C(=O)O)CCC2)C1c1ccc(Cl)cc1. The highest BCUT2D eigenvalue weighted by Gasteiger charge is 2.47. The number of halogens is 1. The molecule has 1 aromatic carbocycles. The van der Waals surface area contributed by atoms with Crippen LogP contribution in [-0.2, 0) is 14.4 Å². The van der Waals surface area contributed by atoms with Gasteiger partial charge < -0.3 is 15.3 Å². The van der Waals surface area contributed by atoms with Gasteiger partial charge >= 0.3 is 5.97 Å². The van der Waals surface area contributed by atoms with Crippen molar-refractivity contribution in [1.29, 1.82) is 0 Å². The van der Waals surface area contributed by atoms with Crippen LogP contribution in [0.2, 0.25) is 5.02 Å². The van der Waals surface area contributed by atoms with Crippen LogP contribution in [0.15, 0.2) is 24.3 Å². The van der Waals surface area contributed by atoms with Crippen LogP contribution in [0.5, 0.6) is 0 Å². The first-order chi connectivity index (χ1) is 11.8. The Kier molecular flexibility index (Phi) is 4.73. The zero-order valence-electron chi connectivity index (χ0n) is 14.0. The van der Waals surface area contributed by atoms with Gasteiger partial charge in [-0.1, -0.05) is 30.2 Å². The van der Waals surface area contributed by atoms with Gasteiger partial charge in [0.25, 0.3) is 0 Å². The van der Waals surface area contributed by atoms with Gasteiger partial charge in [0.15, 0.2) is 0 Å².